The number of nitrogens with one attached hydrogen (secondary N) is 1. The van der Waals surface area contributed by atoms with Crippen molar-refractivity contribution in [3.8, 4) is 0 Å². The van der Waals surface area contributed by atoms with Gasteiger partial charge in [0.15, 0.2) is 0 Å². The number of fused-ring (bicyclic) bond motifs is 9. The molecule has 0 spiro atoms. The number of aliphatic carboxylic acids is 1. The fourth-order valence-corrected chi connectivity index (χ4v) is 9.60. The Balaban J connectivity index is 1.59. The van der Waals surface area contributed by atoms with Crippen LogP contribution in [0.3, 0.4) is 0 Å². The van der Waals surface area contributed by atoms with Gasteiger partial charge in [0, 0.05) is 15.5 Å². The van der Waals surface area contributed by atoms with Gasteiger partial charge in [0.1, 0.15) is 6.04 Å². The van der Waals surface area contributed by atoms with E-state index in [0.717, 1.165) is 27.6 Å². The van der Waals surface area contributed by atoms with Gasteiger partial charge in [-0.3, -0.25) is 19.3 Å². The molecule has 28 heavy (non-hydrogen) atoms. The topological polar surface area (TPSA) is 108 Å². The van der Waals surface area contributed by atoms with Crippen LogP contribution in [0.25, 0.3) is 0 Å². The standard InChI is InChI=1S/C19H22N2O5S2/c1-4-19(3)11-7-5-8(12(11)27-14-13(19)28-18(26)20-14)10-9(7)15(22)21(16(10)23)6(2)17(24)25/h6-12H,4-5H2,1-3H3,(H,20,26)(H,24,25)/t6?,7-,8-,9?,10?,11?,12?,19?/m1/s1. The van der Waals surface area contributed by atoms with E-state index in [4.69, 9.17) is 0 Å². The van der Waals surface area contributed by atoms with Crippen LogP contribution in [0, 0.1) is 29.6 Å². The summed E-state index contributed by atoms with van der Waals surface area (Å²) in [5.41, 5.74) is -0.214. The zero-order chi connectivity index (χ0) is 20.1. The summed E-state index contributed by atoms with van der Waals surface area (Å²) in [6, 6.07) is -1.13. The number of amides is 2. The van der Waals surface area contributed by atoms with Gasteiger partial charge < -0.3 is 10.1 Å². The van der Waals surface area contributed by atoms with Crippen molar-refractivity contribution < 1.29 is 19.5 Å². The summed E-state index contributed by atoms with van der Waals surface area (Å²) in [5.74, 6) is -2.29. The molecule has 0 aromatic carbocycles. The molecule has 1 saturated heterocycles. The lowest BCUT2D eigenvalue weighted by molar-refractivity contribution is -0.154. The van der Waals surface area contributed by atoms with E-state index < -0.39 is 23.8 Å². The number of rotatable bonds is 3. The highest BCUT2D eigenvalue weighted by atomic mass is 32.2. The predicted molar refractivity (Wildman–Crippen MR) is 103 cm³/mol. The molecule has 2 N–H and O–H groups in total. The maximum Gasteiger partial charge on any atom is 0.326 e. The van der Waals surface area contributed by atoms with Gasteiger partial charge in [-0.05, 0) is 37.5 Å². The first-order valence-electron chi connectivity index (χ1n) is 9.70. The Morgan fingerprint density at radius 3 is 2.54 bits per heavy atom. The summed E-state index contributed by atoms with van der Waals surface area (Å²) in [6.45, 7) is 5.70. The number of imide groups is 1. The Morgan fingerprint density at radius 2 is 1.93 bits per heavy atom. The van der Waals surface area contributed by atoms with Gasteiger partial charge in [-0.25, -0.2) is 4.79 Å². The first-order chi connectivity index (χ1) is 13.2. The van der Waals surface area contributed by atoms with Gasteiger partial charge in [-0.2, -0.15) is 0 Å². The molecule has 8 atom stereocenters. The molecule has 2 aliphatic heterocycles. The Morgan fingerprint density at radius 1 is 1.29 bits per heavy atom. The first-order valence-corrected chi connectivity index (χ1v) is 11.4. The minimum absolute atomic E-state index is 0.0508. The molecule has 2 bridgehead atoms. The van der Waals surface area contributed by atoms with Gasteiger partial charge in [-0.15, -0.1) is 11.8 Å². The number of aromatic amines is 1. The average molecular weight is 423 g/mol. The van der Waals surface area contributed by atoms with Crippen molar-refractivity contribution in [1.29, 1.82) is 0 Å². The van der Waals surface area contributed by atoms with Crippen molar-refractivity contribution in [3.05, 3.63) is 14.5 Å². The van der Waals surface area contributed by atoms with E-state index in [-0.39, 0.29) is 45.1 Å². The second-order valence-corrected chi connectivity index (χ2v) is 10.9. The fraction of sp³-hybridized carbons (Fsp3) is 0.684. The second kappa shape index (κ2) is 5.72. The van der Waals surface area contributed by atoms with Crippen LogP contribution in [0.2, 0.25) is 0 Å². The summed E-state index contributed by atoms with van der Waals surface area (Å²) in [7, 11) is 0. The third kappa shape index (κ3) is 2.01. The van der Waals surface area contributed by atoms with Crippen LogP contribution in [0.5, 0.6) is 0 Å². The average Bonchev–Trinajstić information content (AvgIpc) is 3.36. The molecule has 5 rings (SSSR count). The van der Waals surface area contributed by atoms with Crippen molar-refractivity contribution >= 4 is 40.9 Å². The molecule has 0 radical (unpaired) electrons. The van der Waals surface area contributed by atoms with E-state index in [1.165, 1.54) is 18.3 Å². The molecule has 1 aromatic heterocycles. The monoisotopic (exact) mass is 422 g/mol. The van der Waals surface area contributed by atoms with Crippen molar-refractivity contribution in [1.82, 2.24) is 9.88 Å². The lowest BCUT2D eigenvalue weighted by Gasteiger charge is -2.48. The van der Waals surface area contributed by atoms with Crippen LogP contribution < -0.4 is 4.87 Å². The molecule has 3 heterocycles. The molecular weight excluding hydrogens is 400 g/mol. The van der Waals surface area contributed by atoms with Gasteiger partial charge in [0.05, 0.1) is 16.9 Å². The van der Waals surface area contributed by atoms with Crippen LogP contribution in [0.4, 0.5) is 0 Å². The summed E-state index contributed by atoms with van der Waals surface area (Å²) in [4.78, 5) is 54.6. The number of thioether (sulfide) groups is 1. The number of likely N-dealkylation sites (tertiary alicyclic amines) is 1. The molecule has 2 aliphatic carbocycles. The molecule has 1 aromatic rings. The summed E-state index contributed by atoms with van der Waals surface area (Å²) in [6.07, 6.45) is 1.69. The summed E-state index contributed by atoms with van der Waals surface area (Å²) < 4.78 is 0. The Kier molecular flexibility index (Phi) is 3.76. The highest BCUT2D eigenvalue weighted by molar-refractivity contribution is 8.00. The SMILES string of the molecule is CCC1(C)c2sc(=O)[nH]c2SC2C1[C@@H]1C[C@@H]2C2C(=O)N(C(C)C(=O)O)C(=O)C21. The predicted octanol–water partition coefficient (Wildman–Crippen LogP) is 1.92. The van der Waals surface area contributed by atoms with Gasteiger partial charge in [0.25, 0.3) is 0 Å². The fourth-order valence-electron chi connectivity index (χ4n) is 6.41. The van der Waals surface area contributed by atoms with Crippen molar-refractivity contribution in [2.24, 2.45) is 29.6 Å². The maximum absolute atomic E-state index is 13.1. The van der Waals surface area contributed by atoms with Crippen LogP contribution >= 0.6 is 23.1 Å². The minimum Gasteiger partial charge on any atom is -0.480 e. The molecular formula is C19H22N2O5S2. The Hall–Kier alpha value is -1.61. The number of aromatic nitrogens is 1. The van der Waals surface area contributed by atoms with E-state index in [1.54, 1.807) is 11.8 Å². The second-order valence-electron chi connectivity index (χ2n) is 8.73. The molecule has 7 nitrogen and oxygen atoms in total. The van der Waals surface area contributed by atoms with E-state index in [1.807, 2.05) is 0 Å². The van der Waals surface area contributed by atoms with Crippen LogP contribution in [-0.2, 0) is 19.8 Å². The van der Waals surface area contributed by atoms with Crippen molar-refractivity contribution in [2.75, 3.05) is 0 Å². The van der Waals surface area contributed by atoms with Gasteiger partial charge >= 0.3 is 10.8 Å². The van der Waals surface area contributed by atoms with E-state index in [0.29, 0.717) is 0 Å². The third-order valence-electron chi connectivity index (χ3n) is 7.74. The Bertz CT molecular complexity index is 970. The lowest BCUT2D eigenvalue weighted by Crippen LogP contribution is -2.49. The number of carboxylic acids is 1. The number of carbonyl (C=O) groups is 3. The zero-order valence-electron chi connectivity index (χ0n) is 15.8. The molecule has 3 fully saturated rings. The van der Waals surface area contributed by atoms with E-state index in [9.17, 15) is 24.3 Å². The smallest absolute Gasteiger partial charge is 0.326 e. The van der Waals surface area contributed by atoms with E-state index >= 15 is 0 Å². The van der Waals surface area contributed by atoms with Gasteiger partial charge in [-0.1, -0.05) is 25.2 Å². The number of H-pyrrole nitrogens is 1. The number of hydrogen-bond acceptors (Lipinski definition) is 6. The largest absolute Gasteiger partial charge is 0.480 e. The number of nitrogens with zero attached hydrogens (tertiary/aromatic N) is 1. The summed E-state index contributed by atoms with van der Waals surface area (Å²) in [5, 5.41) is 10.4. The van der Waals surface area contributed by atoms with Crippen LogP contribution in [0.1, 0.15) is 38.5 Å². The normalized spacial score (nSPS) is 41.8. The third-order valence-corrected chi connectivity index (χ3v) is 10.5. The minimum atomic E-state index is -1.15. The van der Waals surface area contributed by atoms with Gasteiger partial charge in [0.2, 0.25) is 11.8 Å². The van der Waals surface area contributed by atoms with Crippen molar-refractivity contribution in [2.45, 2.75) is 55.3 Å². The highest BCUT2D eigenvalue weighted by Gasteiger charge is 2.71. The summed E-state index contributed by atoms with van der Waals surface area (Å²) >= 11 is 2.92. The molecule has 2 amide bonds. The maximum atomic E-state index is 13.1. The number of carboxylic acid groups (broad SMARTS) is 1. The molecule has 6 unspecified atom stereocenters. The number of hydrogen-bond donors (Lipinski definition) is 2. The van der Waals surface area contributed by atoms with Crippen LogP contribution in [0.15, 0.2) is 9.82 Å². The zero-order valence-corrected chi connectivity index (χ0v) is 17.4. The lowest BCUT2D eigenvalue weighted by atomic mass is 9.62. The van der Waals surface area contributed by atoms with Crippen LogP contribution in [-0.4, -0.2) is 44.1 Å². The first kappa shape index (κ1) is 18.4. The van der Waals surface area contributed by atoms with Crippen molar-refractivity contribution in [3.63, 3.8) is 0 Å². The Labute approximate surface area is 169 Å². The number of thiazole rings is 1. The van der Waals surface area contributed by atoms with E-state index in [2.05, 4.69) is 18.8 Å². The number of carbonyl (C=O) groups excluding carboxylic acids is 2. The quantitative estimate of drug-likeness (QED) is 0.721. The molecule has 4 aliphatic rings. The molecule has 2 saturated carbocycles. The molecule has 9 heteroatoms. The molecule has 150 valence electrons. The highest BCUT2D eigenvalue weighted by Crippen LogP contribution is 2.69.